The molecule has 0 amide bonds. The van der Waals surface area contributed by atoms with Gasteiger partial charge in [0.25, 0.3) is 0 Å². The van der Waals surface area contributed by atoms with Gasteiger partial charge in [0.1, 0.15) is 46.0 Å². The SMILES string of the molecule is COc1ccc(N(c2ccc(OC)cc2)c2ccc(C3(c4ccc(N(c5ccc(OC)cc5)c5ccc(OC)cc5)cc4)CCCCC3)cc2)cc1.COc1ccc(N(c2ccc(OC)cc2)c2ccc(C3(c4ccc(N(c5ccc(OC)cc5)c5ccc(OC)cc5)cc4)CCCCC3)cc2)cc1. The minimum atomic E-state index is -0.0641. The van der Waals surface area contributed by atoms with E-state index in [0.717, 1.165) is 140 Å². The summed E-state index contributed by atoms with van der Waals surface area (Å²) >= 11 is 0. The monoisotopic (exact) mass is 1380 g/mol. The van der Waals surface area contributed by atoms with Crippen LogP contribution in [0.4, 0.5) is 68.2 Å². The van der Waals surface area contributed by atoms with E-state index in [1.807, 2.05) is 97.1 Å². The van der Waals surface area contributed by atoms with E-state index in [2.05, 4.69) is 214 Å². The first-order valence-corrected chi connectivity index (χ1v) is 35.9. The fourth-order valence-corrected chi connectivity index (χ4v) is 15.2. The molecule has 0 radical (unpaired) electrons. The Morgan fingerprint density at radius 1 is 0.163 bits per heavy atom. The lowest BCUT2D eigenvalue weighted by Crippen LogP contribution is -2.30. The van der Waals surface area contributed by atoms with Crippen molar-refractivity contribution in [3.8, 4) is 46.0 Å². The standard InChI is InChI=1S/2C46H46N2O4/c2*1-49-42-24-16-38(17-25-42)47(39-18-26-43(50-2)27-19-39)36-12-8-34(9-13-36)46(32-6-5-7-33-46)35-10-14-37(15-11-35)48(40-20-28-44(51-3)29-21-40)41-22-30-45(52-4)31-23-41/h2*8-31H,5-7,32-33H2,1-4H3. The first-order valence-electron chi connectivity index (χ1n) is 35.9. The van der Waals surface area contributed by atoms with Crippen molar-refractivity contribution in [2.24, 2.45) is 0 Å². The zero-order valence-electron chi connectivity index (χ0n) is 60.8. The van der Waals surface area contributed by atoms with Crippen LogP contribution in [0, 0.1) is 0 Å². The van der Waals surface area contributed by atoms with Crippen molar-refractivity contribution in [2.75, 3.05) is 76.5 Å². The second kappa shape index (κ2) is 32.9. The molecule has 2 aliphatic rings. The van der Waals surface area contributed by atoms with Crippen molar-refractivity contribution in [1.82, 2.24) is 0 Å². The van der Waals surface area contributed by atoms with E-state index in [4.69, 9.17) is 37.9 Å². The van der Waals surface area contributed by atoms with Crippen LogP contribution < -0.4 is 57.5 Å². The molecular formula is C92H92N4O8. The largest absolute Gasteiger partial charge is 0.497 e. The summed E-state index contributed by atoms with van der Waals surface area (Å²) in [6, 6.07) is 103. The highest BCUT2D eigenvalue weighted by Gasteiger charge is 2.38. The molecule has 528 valence electrons. The minimum absolute atomic E-state index is 0.0641. The average molecular weight is 1380 g/mol. The van der Waals surface area contributed by atoms with Gasteiger partial charge in [-0.2, -0.15) is 0 Å². The van der Waals surface area contributed by atoms with E-state index in [1.54, 1.807) is 56.9 Å². The number of methoxy groups -OCH3 is 8. The molecule has 0 aliphatic heterocycles. The normalized spacial score (nSPS) is 13.5. The molecule has 12 nitrogen and oxygen atoms in total. The number of nitrogens with zero attached hydrogens (tertiary/aromatic N) is 4. The zero-order valence-corrected chi connectivity index (χ0v) is 60.8. The third-order valence-corrected chi connectivity index (χ3v) is 20.8. The van der Waals surface area contributed by atoms with Crippen LogP contribution in [0.1, 0.15) is 86.5 Å². The Hall–Kier alpha value is -11.8. The van der Waals surface area contributed by atoms with Crippen molar-refractivity contribution >= 4 is 68.2 Å². The summed E-state index contributed by atoms with van der Waals surface area (Å²) in [7, 11) is 13.6. The van der Waals surface area contributed by atoms with Crippen LogP contribution in [0.15, 0.2) is 291 Å². The van der Waals surface area contributed by atoms with Gasteiger partial charge in [-0.3, -0.25) is 0 Å². The number of anilines is 12. The summed E-state index contributed by atoms with van der Waals surface area (Å²) in [6.07, 6.45) is 11.8. The maximum atomic E-state index is 5.46. The van der Waals surface area contributed by atoms with Gasteiger partial charge in [-0.15, -0.1) is 0 Å². The molecular weight excluding hydrogens is 1290 g/mol. The van der Waals surface area contributed by atoms with Gasteiger partial charge in [0.05, 0.1) is 56.9 Å². The van der Waals surface area contributed by atoms with E-state index in [9.17, 15) is 0 Å². The molecule has 2 aliphatic carbocycles. The maximum Gasteiger partial charge on any atom is 0.119 e. The minimum Gasteiger partial charge on any atom is -0.497 e. The van der Waals surface area contributed by atoms with Gasteiger partial charge >= 0.3 is 0 Å². The molecule has 0 heterocycles. The Kier molecular flexibility index (Phi) is 22.4. The van der Waals surface area contributed by atoms with Crippen molar-refractivity contribution in [1.29, 1.82) is 0 Å². The van der Waals surface area contributed by atoms with Gasteiger partial charge in [-0.1, -0.05) is 87.1 Å². The van der Waals surface area contributed by atoms with Crippen LogP contribution in [0.5, 0.6) is 46.0 Å². The molecule has 12 heteroatoms. The Labute approximate surface area is 613 Å². The summed E-state index contributed by atoms with van der Waals surface area (Å²) in [5.41, 5.74) is 18.1. The van der Waals surface area contributed by atoms with E-state index in [-0.39, 0.29) is 10.8 Å². The molecule has 0 N–H and O–H groups in total. The van der Waals surface area contributed by atoms with Gasteiger partial charge in [-0.25, -0.2) is 0 Å². The number of rotatable bonds is 24. The van der Waals surface area contributed by atoms with E-state index >= 15 is 0 Å². The van der Waals surface area contributed by atoms with Crippen LogP contribution in [-0.2, 0) is 10.8 Å². The highest BCUT2D eigenvalue weighted by molar-refractivity contribution is 5.81. The second-order valence-corrected chi connectivity index (χ2v) is 26.4. The molecule has 0 bridgehead atoms. The summed E-state index contributed by atoms with van der Waals surface area (Å²) in [4.78, 5) is 9.10. The first-order chi connectivity index (χ1) is 51.1. The van der Waals surface area contributed by atoms with Gasteiger partial charge in [-0.05, 0) is 291 Å². The lowest BCUT2D eigenvalue weighted by Gasteiger charge is -2.39. The molecule has 12 aromatic carbocycles. The van der Waals surface area contributed by atoms with Crippen LogP contribution >= 0.6 is 0 Å². The Bertz CT molecular complexity index is 3860. The highest BCUT2D eigenvalue weighted by Crippen LogP contribution is 2.50. The van der Waals surface area contributed by atoms with Gasteiger partial charge < -0.3 is 57.5 Å². The number of hydrogen-bond donors (Lipinski definition) is 0. The topological polar surface area (TPSA) is 86.8 Å². The quantitative estimate of drug-likeness (QED) is 0.0577. The molecule has 0 atom stereocenters. The Balaban J connectivity index is 0.000000185. The summed E-state index contributed by atoms with van der Waals surface area (Å²) in [6.45, 7) is 0. The molecule has 0 aromatic heterocycles. The van der Waals surface area contributed by atoms with Gasteiger partial charge in [0.2, 0.25) is 0 Å². The predicted molar refractivity (Wildman–Crippen MR) is 425 cm³/mol. The third kappa shape index (κ3) is 15.4. The van der Waals surface area contributed by atoms with Gasteiger partial charge in [0.15, 0.2) is 0 Å². The van der Waals surface area contributed by atoms with Crippen molar-refractivity contribution in [3.05, 3.63) is 313 Å². The number of hydrogen-bond acceptors (Lipinski definition) is 12. The highest BCUT2D eigenvalue weighted by atomic mass is 16.5. The molecule has 0 saturated heterocycles. The number of ether oxygens (including phenoxy) is 8. The lowest BCUT2D eigenvalue weighted by atomic mass is 9.65. The summed E-state index contributed by atoms with van der Waals surface area (Å²) < 4.78 is 43.7. The van der Waals surface area contributed by atoms with Crippen molar-refractivity contribution < 1.29 is 37.9 Å². The molecule has 2 saturated carbocycles. The van der Waals surface area contributed by atoms with E-state index in [0.29, 0.717) is 0 Å². The number of benzene rings is 12. The fourth-order valence-electron chi connectivity index (χ4n) is 15.2. The Morgan fingerprint density at radius 3 is 0.394 bits per heavy atom. The smallest absolute Gasteiger partial charge is 0.119 e. The third-order valence-electron chi connectivity index (χ3n) is 20.8. The molecule has 12 aromatic rings. The van der Waals surface area contributed by atoms with E-state index in [1.165, 1.54) is 60.8 Å². The molecule has 2 fully saturated rings. The maximum absolute atomic E-state index is 5.46. The van der Waals surface area contributed by atoms with Gasteiger partial charge in [0, 0.05) is 79.1 Å². The van der Waals surface area contributed by atoms with Crippen LogP contribution in [0.3, 0.4) is 0 Å². The summed E-state index contributed by atoms with van der Waals surface area (Å²) in [5, 5.41) is 0. The lowest BCUT2D eigenvalue weighted by molar-refractivity contribution is 0.346. The van der Waals surface area contributed by atoms with Crippen LogP contribution in [0.25, 0.3) is 0 Å². The first kappa shape index (κ1) is 70.7. The second-order valence-electron chi connectivity index (χ2n) is 26.4. The molecule has 0 spiro atoms. The Morgan fingerprint density at radius 2 is 0.279 bits per heavy atom. The predicted octanol–water partition coefficient (Wildman–Crippen LogP) is 23.8. The van der Waals surface area contributed by atoms with E-state index < -0.39 is 0 Å². The van der Waals surface area contributed by atoms with Crippen molar-refractivity contribution in [2.45, 2.75) is 75.0 Å². The van der Waals surface area contributed by atoms with Crippen LogP contribution in [0.2, 0.25) is 0 Å². The fraction of sp³-hybridized carbons (Fsp3) is 0.217. The molecule has 0 unspecified atom stereocenters. The zero-order chi connectivity index (χ0) is 71.8. The summed E-state index contributed by atoms with van der Waals surface area (Å²) in [5.74, 6) is 6.63. The average Bonchev–Trinajstić information content (AvgIpc) is 0.767. The molecule has 14 rings (SSSR count). The molecule has 104 heavy (non-hydrogen) atoms. The van der Waals surface area contributed by atoms with Crippen LogP contribution in [-0.4, -0.2) is 56.9 Å². The van der Waals surface area contributed by atoms with Crippen molar-refractivity contribution in [3.63, 3.8) is 0 Å².